The SMILES string of the molecule is CCCCOc1c(N(C)C(=O)OC(C)(C)C)n(CC(C)(C)C)c(=O)c2ccc(OC)c(OC)c12. The Bertz CT molecular complexity index is 1080. The Kier molecular flexibility index (Phi) is 8.50. The Morgan fingerprint density at radius 3 is 2.18 bits per heavy atom. The van der Waals surface area contributed by atoms with Crippen LogP contribution >= 0.6 is 0 Å². The number of pyridine rings is 1. The molecule has 8 nitrogen and oxygen atoms in total. The van der Waals surface area contributed by atoms with Crippen LogP contribution in [0.4, 0.5) is 10.6 Å². The van der Waals surface area contributed by atoms with Gasteiger partial charge in [-0.15, -0.1) is 0 Å². The zero-order chi connectivity index (χ0) is 25.8. The lowest BCUT2D eigenvalue weighted by molar-refractivity contribution is 0.0585. The van der Waals surface area contributed by atoms with Crippen molar-refractivity contribution in [3.8, 4) is 17.2 Å². The third-order valence-corrected chi connectivity index (χ3v) is 5.07. The van der Waals surface area contributed by atoms with Crippen molar-refractivity contribution < 1.29 is 23.7 Å². The van der Waals surface area contributed by atoms with Gasteiger partial charge < -0.3 is 18.9 Å². The van der Waals surface area contributed by atoms with E-state index < -0.39 is 11.7 Å². The summed E-state index contributed by atoms with van der Waals surface area (Å²) in [6.45, 7) is 14.3. The van der Waals surface area contributed by atoms with Gasteiger partial charge in [0, 0.05) is 13.6 Å². The maximum Gasteiger partial charge on any atom is 0.415 e. The van der Waals surface area contributed by atoms with Crippen LogP contribution in [0.5, 0.6) is 17.2 Å². The Morgan fingerprint density at radius 2 is 1.68 bits per heavy atom. The van der Waals surface area contributed by atoms with E-state index in [0.29, 0.717) is 47.0 Å². The first-order valence-corrected chi connectivity index (χ1v) is 11.7. The van der Waals surface area contributed by atoms with Crippen LogP contribution < -0.4 is 24.7 Å². The number of hydrogen-bond donors (Lipinski definition) is 0. The van der Waals surface area contributed by atoms with Gasteiger partial charge in [0.25, 0.3) is 5.56 Å². The fraction of sp³-hybridized carbons (Fsp3) is 0.615. The molecule has 1 aromatic carbocycles. The summed E-state index contributed by atoms with van der Waals surface area (Å²) in [6, 6.07) is 3.42. The number of anilines is 1. The van der Waals surface area contributed by atoms with Gasteiger partial charge in [0.2, 0.25) is 0 Å². The monoisotopic (exact) mass is 476 g/mol. The van der Waals surface area contributed by atoms with Gasteiger partial charge in [0.1, 0.15) is 5.60 Å². The van der Waals surface area contributed by atoms with Gasteiger partial charge in [-0.25, -0.2) is 4.79 Å². The van der Waals surface area contributed by atoms with Crippen molar-refractivity contribution in [3.05, 3.63) is 22.5 Å². The van der Waals surface area contributed by atoms with E-state index in [1.165, 1.54) is 19.1 Å². The fourth-order valence-electron chi connectivity index (χ4n) is 3.63. The minimum Gasteiger partial charge on any atom is -0.493 e. The molecule has 190 valence electrons. The number of unbranched alkanes of at least 4 members (excludes halogenated alkanes) is 1. The van der Waals surface area contributed by atoms with Crippen LogP contribution in [0.3, 0.4) is 0 Å². The normalized spacial score (nSPS) is 11.9. The molecule has 0 aliphatic carbocycles. The number of benzene rings is 1. The van der Waals surface area contributed by atoms with Crippen molar-refractivity contribution in [1.29, 1.82) is 0 Å². The zero-order valence-corrected chi connectivity index (χ0v) is 22.3. The summed E-state index contributed by atoms with van der Waals surface area (Å²) in [5, 5.41) is 0.897. The number of ether oxygens (including phenoxy) is 4. The molecule has 0 saturated heterocycles. The molecule has 1 amide bonds. The highest BCUT2D eigenvalue weighted by atomic mass is 16.6. The molecule has 34 heavy (non-hydrogen) atoms. The highest BCUT2D eigenvalue weighted by Gasteiger charge is 2.31. The maximum absolute atomic E-state index is 13.8. The molecule has 2 rings (SSSR count). The highest BCUT2D eigenvalue weighted by Crippen LogP contribution is 2.44. The van der Waals surface area contributed by atoms with Gasteiger partial charge >= 0.3 is 6.09 Å². The quantitative estimate of drug-likeness (QED) is 0.461. The Morgan fingerprint density at radius 1 is 1.03 bits per heavy atom. The third kappa shape index (κ3) is 6.15. The largest absolute Gasteiger partial charge is 0.493 e. The molecule has 0 bridgehead atoms. The van der Waals surface area contributed by atoms with E-state index in [0.717, 1.165) is 12.8 Å². The summed E-state index contributed by atoms with van der Waals surface area (Å²) in [5.74, 6) is 1.56. The number of nitrogens with zero attached hydrogens (tertiary/aromatic N) is 2. The van der Waals surface area contributed by atoms with Crippen LogP contribution in [0, 0.1) is 5.41 Å². The molecular weight excluding hydrogens is 436 g/mol. The second kappa shape index (κ2) is 10.6. The minimum atomic E-state index is -0.707. The molecule has 1 aromatic heterocycles. The molecule has 0 spiro atoms. The lowest BCUT2D eigenvalue weighted by atomic mass is 9.96. The molecule has 0 N–H and O–H groups in total. The van der Waals surface area contributed by atoms with Crippen molar-refractivity contribution in [2.45, 2.75) is 73.5 Å². The van der Waals surface area contributed by atoms with E-state index in [1.807, 2.05) is 20.8 Å². The third-order valence-electron chi connectivity index (χ3n) is 5.07. The summed E-state index contributed by atoms with van der Waals surface area (Å²) >= 11 is 0. The number of rotatable bonds is 8. The summed E-state index contributed by atoms with van der Waals surface area (Å²) in [6.07, 6.45) is 1.15. The second-order valence-corrected chi connectivity index (χ2v) is 10.6. The number of aromatic nitrogens is 1. The average molecular weight is 477 g/mol. The lowest BCUT2D eigenvalue weighted by Crippen LogP contribution is -2.39. The minimum absolute atomic E-state index is 0.251. The molecule has 0 atom stereocenters. The predicted molar refractivity (Wildman–Crippen MR) is 136 cm³/mol. The molecule has 8 heteroatoms. The second-order valence-electron chi connectivity index (χ2n) is 10.6. The molecule has 1 heterocycles. The lowest BCUT2D eigenvalue weighted by Gasteiger charge is -2.31. The van der Waals surface area contributed by atoms with Gasteiger partial charge in [-0.3, -0.25) is 14.3 Å². The van der Waals surface area contributed by atoms with E-state index >= 15 is 0 Å². The van der Waals surface area contributed by atoms with Gasteiger partial charge in [-0.2, -0.15) is 0 Å². The van der Waals surface area contributed by atoms with E-state index in [1.54, 1.807) is 44.5 Å². The first-order chi connectivity index (χ1) is 15.8. The Hall–Kier alpha value is -2.90. The van der Waals surface area contributed by atoms with Crippen LogP contribution in [-0.2, 0) is 11.3 Å². The number of carbonyl (C=O) groups is 1. The van der Waals surface area contributed by atoms with Gasteiger partial charge in [0.05, 0.1) is 31.6 Å². The van der Waals surface area contributed by atoms with Crippen LogP contribution in [0.1, 0.15) is 61.3 Å². The summed E-state index contributed by atoms with van der Waals surface area (Å²) in [4.78, 5) is 28.3. The van der Waals surface area contributed by atoms with Crippen LogP contribution in [-0.4, -0.2) is 44.1 Å². The summed E-state index contributed by atoms with van der Waals surface area (Å²) in [5.41, 5.74) is -1.21. The molecule has 0 unspecified atom stereocenters. The molecule has 2 aromatic rings. The van der Waals surface area contributed by atoms with Crippen LogP contribution in [0.2, 0.25) is 0 Å². The van der Waals surface area contributed by atoms with E-state index in [-0.39, 0.29) is 11.0 Å². The van der Waals surface area contributed by atoms with Crippen molar-refractivity contribution in [2.24, 2.45) is 5.41 Å². The van der Waals surface area contributed by atoms with Crippen molar-refractivity contribution in [2.75, 3.05) is 32.8 Å². The van der Waals surface area contributed by atoms with E-state index in [2.05, 4.69) is 6.92 Å². The Balaban J connectivity index is 3.01. The van der Waals surface area contributed by atoms with E-state index in [9.17, 15) is 9.59 Å². The van der Waals surface area contributed by atoms with Gasteiger partial charge in [-0.05, 0) is 44.7 Å². The van der Waals surface area contributed by atoms with Crippen LogP contribution in [0.15, 0.2) is 16.9 Å². The fourth-order valence-corrected chi connectivity index (χ4v) is 3.63. The standard InChI is InChI=1S/C26H40N2O6/c1-11-12-15-33-21-19-17(13-14-18(31-9)20(19)32-10)23(29)28(16-25(2,3)4)22(21)27(8)24(30)34-26(5,6)7/h13-14H,11-12,15-16H2,1-10H3. The first-order valence-electron chi connectivity index (χ1n) is 11.7. The zero-order valence-electron chi connectivity index (χ0n) is 22.3. The van der Waals surface area contributed by atoms with Crippen molar-refractivity contribution in [1.82, 2.24) is 4.57 Å². The topological polar surface area (TPSA) is 79.2 Å². The van der Waals surface area contributed by atoms with Crippen LogP contribution in [0.25, 0.3) is 10.8 Å². The highest BCUT2D eigenvalue weighted by molar-refractivity contribution is 6.01. The molecule has 0 radical (unpaired) electrons. The van der Waals surface area contributed by atoms with Gasteiger partial charge in [-0.1, -0.05) is 34.1 Å². The molecule has 0 fully saturated rings. The molecule has 0 aliphatic heterocycles. The molecule has 0 saturated carbocycles. The smallest absolute Gasteiger partial charge is 0.415 e. The predicted octanol–water partition coefficient (Wildman–Crippen LogP) is 5.62. The van der Waals surface area contributed by atoms with E-state index in [4.69, 9.17) is 18.9 Å². The maximum atomic E-state index is 13.8. The first kappa shape index (κ1) is 27.3. The summed E-state index contributed by atoms with van der Waals surface area (Å²) in [7, 11) is 4.65. The number of fused-ring (bicyclic) bond motifs is 1. The molecular formula is C26H40N2O6. The van der Waals surface area contributed by atoms with Gasteiger partial charge in [0.15, 0.2) is 23.1 Å². The van der Waals surface area contributed by atoms with Crippen molar-refractivity contribution >= 4 is 22.7 Å². The summed E-state index contributed by atoms with van der Waals surface area (Å²) < 4.78 is 24.7. The molecule has 0 aliphatic rings. The average Bonchev–Trinajstić information content (AvgIpc) is 2.73. The van der Waals surface area contributed by atoms with Crippen molar-refractivity contribution in [3.63, 3.8) is 0 Å². The number of amides is 1. The number of methoxy groups -OCH3 is 2. The Labute approximate surface area is 202 Å². The number of hydrogen-bond acceptors (Lipinski definition) is 6. The number of carbonyl (C=O) groups excluding carboxylic acids is 1.